The molecule has 12 nitrogen and oxygen atoms in total. The lowest BCUT2D eigenvalue weighted by atomic mass is 10.0. The summed E-state index contributed by atoms with van der Waals surface area (Å²) in [6, 6.07) is 0. The van der Waals surface area contributed by atoms with Crippen molar-refractivity contribution in [1.29, 1.82) is 0 Å². The Kier molecular flexibility index (Phi) is 46.6. The Balaban J connectivity index is 4.33. The normalized spacial score (nSPS) is 11.3. The highest BCUT2D eigenvalue weighted by Crippen LogP contribution is 2.15. The third-order valence-corrected chi connectivity index (χ3v) is 11.5. The predicted octanol–water partition coefficient (Wildman–Crippen LogP) is 11.0. The second-order valence-electron chi connectivity index (χ2n) is 17.6. The van der Waals surface area contributed by atoms with E-state index in [9.17, 15) is 19.2 Å². The third-order valence-electron chi connectivity index (χ3n) is 11.5. The third kappa shape index (κ3) is 48.4. The summed E-state index contributed by atoms with van der Waals surface area (Å²) in [7, 11) is 0. The fraction of sp³-hybridized carbons (Fsp3) is 0.918. The Bertz CT molecular complexity index is 941. The van der Waals surface area contributed by atoms with Crippen molar-refractivity contribution in [2.24, 2.45) is 0 Å². The number of carboxylic acid groups (broad SMARTS) is 1. The summed E-state index contributed by atoms with van der Waals surface area (Å²) in [4.78, 5) is 49.1. The molecule has 0 aliphatic heterocycles. The molecule has 0 saturated heterocycles. The maximum absolute atomic E-state index is 12.9. The highest BCUT2D eigenvalue weighted by atomic mass is 16.4. The second-order valence-corrected chi connectivity index (χ2v) is 17.6. The van der Waals surface area contributed by atoms with Gasteiger partial charge in [0.2, 0.25) is 17.7 Å². The van der Waals surface area contributed by atoms with Crippen molar-refractivity contribution in [1.82, 2.24) is 37.2 Å². The van der Waals surface area contributed by atoms with Crippen LogP contribution in [-0.4, -0.2) is 79.9 Å². The zero-order chi connectivity index (χ0) is 44.5. The molecule has 0 spiro atoms. The van der Waals surface area contributed by atoms with Gasteiger partial charge >= 0.3 is 6.09 Å². The number of carbonyl (C=O) groups is 4. The van der Waals surface area contributed by atoms with Gasteiger partial charge in [-0.1, -0.05) is 194 Å². The van der Waals surface area contributed by atoms with Gasteiger partial charge in [0, 0.05) is 25.9 Å². The molecular weight excluding hydrogens is 767 g/mol. The molecule has 0 saturated carbocycles. The summed E-state index contributed by atoms with van der Waals surface area (Å²) < 4.78 is 0. The van der Waals surface area contributed by atoms with E-state index in [1.807, 2.05) is 0 Å². The SMILES string of the molecule is CCCCCCCCCCCCCCCCCC(=O)NN(CC(=O)NCCCNCCCCNCCCNC(=O)O)NC(=O)CCCCCCCCCCCCCCCCC. The standard InChI is InChI=1S/C49H99N7O5/c1-3-5-7-9-11-13-15-17-19-21-23-25-27-29-31-37-46(57)54-56(45-48(59)52-43-35-41-50-39-33-34-40-51-42-36-44-53-49(60)61)55-47(58)38-32-30-28-26-24-22-20-18-16-14-12-10-8-6-4-2/h50-51,53H,3-45H2,1-2H3,(H,52,59)(H,54,57)(H,55,58)(H,60,61). The first-order valence-corrected chi connectivity index (χ1v) is 25.9. The minimum absolute atomic E-state index is 0.137. The van der Waals surface area contributed by atoms with Crippen LogP contribution in [0.15, 0.2) is 0 Å². The highest BCUT2D eigenvalue weighted by Gasteiger charge is 2.16. The molecule has 0 radical (unpaired) electrons. The van der Waals surface area contributed by atoms with Crippen LogP contribution in [0.2, 0.25) is 0 Å². The molecule has 0 aromatic rings. The number of nitrogens with one attached hydrogen (secondary N) is 6. The fourth-order valence-electron chi connectivity index (χ4n) is 7.63. The molecule has 0 rings (SSSR count). The number of hydrogen-bond donors (Lipinski definition) is 7. The lowest BCUT2D eigenvalue weighted by molar-refractivity contribution is -0.136. The fourth-order valence-corrected chi connectivity index (χ4v) is 7.63. The molecule has 0 aromatic carbocycles. The summed E-state index contributed by atoms with van der Waals surface area (Å²) in [6.07, 6.45) is 41.5. The molecule has 0 atom stereocenters. The number of amides is 4. The number of carbonyl (C=O) groups excluding carboxylic acids is 3. The Hall–Kier alpha value is -2.44. The van der Waals surface area contributed by atoms with Crippen molar-refractivity contribution in [2.75, 3.05) is 45.8 Å². The molecular formula is C49H99N7O5. The van der Waals surface area contributed by atoms with Crippen LogP contribution in [0.5, 0.6) is 0 Å². The highest BCUT2D eigenvalue weighted by molar-refractivity contribution is 5.81. The number of nitrogens with zero attached hydrogens (tertiary/aromatic N) is 1. The minimum Gasteiger partial charge on any atom is -0.465 e. The van der Waals surface area contributed by atoms with E-state index < -0.39 is 6.09 Å². The molecule has 7 N–H and O–H groups in total. The van der Waals surface area contributed by atoms with Crippen molar-refractivity contribution >= 4 is 23.8 Å². The van der Waals surface area contributed by atoms with E-state index in [-0.39, 0.29) is 24.3 Å². The molecule has 0 unspecified atom stereocenters. The maximum Gasteiger partial charge on any atom is 0.404 e. The van der Waals surface area contributed by atoms with Gasteiger partial charge in [0.05, 0.1) is 0 Å². The average Bonchev–Trinajstić information content (AvgIpc) is 3.23. The molecule has 4 amide bonds. The van der Waals surface area contributed by atoms with E-state index in [0.717, 1.165) is 90.4 Å². The number of unbranched alkanes of at least 4 members (excludes halogenated alkanes) is 29. The monoisotopic (exact) mass is 866 g/mol. The molecule has 0 heterocycles. The predicted molar refractivity (Wildman–Crippen MR) is 255 cm³/mol. The summed E-state index contributed by atoms with van der Waals surface area (Å²) in [6.45, 7) is 8.72. The second kappa shape index (κ2) is 48.6. The smallest absolute Gasteiger partial charge is 0.404 e. The first-order valence-electron chi connectivity index (χ1n) is 25.9. The van der Waals surface area contributed by atoms with Crippen LogP contribution < -0.4 is 32.1 Å². The van der Waals surface area contributed by atoms with Gasteiger partial charge in [0.25, 0.3) is 0 Å². The molecule has 0 aliphatic carbocycles. The number of hydrogen-bond acceptors (Lipinski definition) is 7. The van der Waals surface area contributed by atoms with Crippen molar-refractivity contribution in [2.45, 2.75) is 245 Å². The Labute approximate surface area is 375 Å². The molecule has 360 valence electrons. The zero-order valence-corrected chi connectivity index (χ0v) is 39.9. The van der Waals surface area contributed by atoms with E-state index in [1.165, 1.54) is 159 Å². The van der Waals surface area contributed by atoms with Crippen LogP contribution in [0.4, 0.5) is 4.79 Å². The van der Waals surface area contributed by atoms with Crippen LogP contribution in [0.1, 0.15) is 245 Å². The first kappa shape index (κ1) is 58.6. The van der Waals surface area contributed by atoms with Gasteiger partial charge in [-0.05, 0) is 64.7 Å². The first-order chi connectivity index (χ1) is 29.9. The van der Waals surface area contributed by atoms with Crippen molar-refractivity contribution in [3.8, 4) is 0 Å². The summed E-state index contributed by atoms with van der Waals surface area (Å²) >= 11 is 0. The zero-order valence-electron chi connectivity index (χ0n) is 39.9. The van der Waals surface area contributed by atoms with E-state index in [0.29, 0.717) is 25.9 Å². The summed E-state index contributed by atoms with van der Waals surface area (Å²) in [5.74, 6) is -0.599. The van der Waals surface area contributed by atoms with Crippen LogP contribution >= 0.6 is 0 Å². The molecule has 0 bridgehead atoms. The van der Waals surface area contributed by atoms with Gasteiger partial charge in [0.15, 0.2) is 0 Å². The van der Waals surface area contributed by atoms with Gasteiger partial charge < -0.3 is 26.4 Å². The largest absolute Gasteiger partial charge is 0.465 e. The van der Waals surface area contributed by atoms with Crippen LogP contribution in [-0.2, 0) is 14.4 Å². The van der Waals surface area contributed by atoms with Gasteiger partial charge in [-0.25, -0.2) is 4.79 Å². The lowest BCUT2D eigenvalue weighted by Gasteiger charge is -2.23. The Morgan fingerprint density at radius 3 is 0.967 bits per heavy atom. The maximum atomic E-state index is 12.9. The average molecular weight is 866 g/mol. The minimum atomic E-state index is -0.985. The van der Waals surface area contributed by atoms with Crippen LogP contribution in [0, 0.1) is 0 Å². The van der Waals surface area contributed by atoms with Crippen molar-refractivity contribution < 1.29 is 24.3 Å². The number of rotatable bonds is 49. The molecule has 12 heteroatoms. The van der Waals surface area contributed by atoms with E-state index in [4.69, 9.17) is 5.11 Å². The summed E-state index contributed by atoms with van der Waals surface area (Å²) in [5.41, 5.74) is 5.59. The van der Waals surface area contributed by atoms with Crippen LogP contribution in [0.25, 0.3) is 0 Å². The van der Waals surface area contributed by atoms with E-state index >= 15 is 0 Å². The molecule has 0 aromatic heterocycles. The van der Waals surface area contributed by atoms with Gasteiger partial charge in [-0.3, -0.25) is 25.2 Å². The van der Waals surface area contributed by atoms with Crippen molar-refractivity contribution in [3.05, 3.63) is 0 Å². The number of hydrazine groups is 2. The molecule has 61 heavy (non-hydrogen) atoms. The quantitative estimate of drug-likeness (QED) is 0.0235. The lowest BCUT2D eigenvalue weighted by Crippen LogP contribution is -2.56. The van der Waals surface area contributed by atoms with Gasteiger partial charge in [0.1, 0.15) is 6.54 Å². The summed E-state index contributed by atoms with van der Waals surface area (Å²) in [5, 5.41) is 21.9. The van der Waals surface area contributed by atoms with Crippen LogP contribution in [0.3, 0.4) is 0 Å². The topological polar surface area (TPSA) is 164 Å². The van der Waals surface area contributed by atoms with E-state index in [2.05, 4.69) is 46.0 Å². The van der Waals surface area contributed by atoms with Gasteiger partial charge in [-0.2, -0.15) is 0 Å². The Morgan fingerprint density at radius 2 is 0.639 bits per heavy atom. The molecule has 0 fully saturated rings. The molecule has 0 aliphatic rings. The van der Waals surface area contributed by atoms with Gasteiger partial charge in [-0.15, -0.1) is 5.12 Å². The Morgan fingerprint density at radius 1 is 0.344 bits per heavy atom. The van der Waals surface area contributed by atoms with Crippen molar-refractivity contribution in [3.63, 3.8) is 0 Å². The van der Waals surface area contributed by atoms with E-state index in [1.54, 1.807) is 0 Å².